The summed E-state index contributed by atoms with van der Waals surface area (Å²) in [7, 11) is 0. The monoisotopic (exact) mass is 356 g/mol. The number of hydrogen-bond donors (Lipinski definition) is 1. The van der Waals surface area contributed by atoms with Crippen LogP contribution in [0.5, 0.6) is 0 Å². The van der Waals surface area contributed by atoms with Gasteiger partial charge in [0.1, 0.15) is 4.99 Å². The molecule has 0 spiro atoms. The number of hydrogen-bond acceptors (Lipinski definition) is 3. The number of thiocarbonyl (C=S) groups is 1. The van der Waals surface area contributed by atoms with Crippen molar-refractivity contribution >= 4 is 38.8 Å². The van der Waals surface area contributed by atoms with Crippen LogP contribution in [-0.4, -0.2) is 29.3 Å². The predicted molar refractivity (Wildman–Crippen MR) is 91.5 cm³/mol. The molecule has 1 saturated heterocycles. The summed E-state index contributed by atoms with van der Waals surface area (Å²) in [5.41, 5.74) is 7.44. The lowest BCUT2D eigenvalue weighted by Crippen LogP contribution is -2.57. The zero-order valence-corrected chi connectivity index (χ0v) is 14.8. The molecule has 3 nitrogen and oxygen atoms in total. The van der Waals surface area contributed by atoms with Crippen LogP contribution in [0.15, 0.2) is 22.7 Å². The number of rotatable bonds is 2. The molecule has 2 rings (SSSR count). The maximum atomic E-state index is 6.13. The average molecular weight is 357 g/mol. The standard InChI is InChI=1S/C15H21BrN2OS/c1-14(2)8-18(9-15(3,4)19-14)11-7-5-6-10(16)12(11)13(17)20/h5-7H,8-9H2,1-4H3,(H2,17,20). The van der Waals surface area contributed by atoms with Gasteiger partial charge in [-0.05, 0) is 55.8 Å². The molecule has 0 unspecified atom stereocenters. The highest BCUT2D eigenvalue weighted by Gasteiger charge is 2.39. The van der Waals surface area contributed by atoms with Crippen LogP contribution in [0.1, 0.15) is 33.3 Å². The van der Waals surface area contributed by atoms with Crippen molar-refractivity contribution in [3.8, 4) is 0 Å². The van der Waals surface area contributed by atoms with Crippen LogP contribution in [0.25, 0.3) is 0 Å². The van der Waals surface area contributed by atoms with Crippen LogP contribution in [0.4, 0.5) is 5.69 Å². The Kier molecular flexibility index (Phi) is 4.15. The van der Waals surface area contributed by atoms with Crippen LogP contribution in [0, 0.1) is 0 Å². The highest BCUT2D eigenvalue weighted by molar-refractivity contribution is 9.10. The lowest BCUT2D eigenvalue weighted by molar-refractivity contribution is -0.133. The molecule has 0 amide bonds. The highest BCUT2D eigenvalue weighted by Crippen LogP contribution is 2.35. The highest BCUT2D eigenvalue weighted by atomic mass is 79.9. The van der Waals surface area contributed by atoms with Crippen molar-refractivity contribution in [2.45, 2.75) is 38.9 Å². The van der Waals surface area contributed by atoms with E-state index in [0.29, 0.717) is 4.99 Å². The fourth-order valence-corrected chi connectivity index (χ4v) is 3.89. The van der Waals surface area contributed by atoms with Gasteiger partial charge in [-0.25, -0.2) is 0 Å². The van der Waals surface area contributed by atoms with Crippen molar-refractivity contribution in [1.82, 2.24) is 0 Å². The molecule has 1 heterocycles. The fourth-order valence-electron chi connectivity index (χ4n) is 2.98. The zero-order valence-electron chi connectivity index (χ0n) is 12.4. The molecule has 0 aliphatic carbocycles. The molecule has 110 valence electrons. The summed E-state index contributed by atoms with van der Waals surface area (Å²) in [6, 6.07) is 6.04. The second-order valence-corrected chi connectivity index (χ2v) is 7.77. The van der Waals surface area contributed by atoms with Gasteiger partial charge in [0.05, 0.1) is 11.2 Å². The smallest absolute Gasteiger partial charge is 0.107 e. The summed E-state index contributed by atoms with van der Waals surface area (Å²) >= 11 is 8.76. The minimum atomic E-state index is -0.211. The van der Waals surface area contributed by atoms with E-state index in [4.69, 9.17) is 22.7 Å². The van der Waals surface area contributed by atoms with E-state index >= 15 is 0 Å². The van der Waals surface area contributed by atoms with E-state index in [0.717, 1.165) is 28.8 Å². The Balaban J connectivity index is 2.46. The van der Waals surface area contributed by atoms with E-state index in [9.17, 15) is 0 Å². The summed E-state index contributed by atoms with van der Waals surface area (Å²) in [5.74, 6) is 0. The van der Waals surface area contributed by atoms with Crippen LogP contribution in [0.3, 0.4) is 0 Å². The molecule has 0 bridgehead atoms. The average Bonchev–Trinajstić information content (AvgIpc) is 2.23. The SMILES string of the molecule is CC1(C)CN(c2cccc(Br)c2C(N)=S)CC(C)(C)O1. The first kappa shape index (κ1) is 15.7. The van der Waals surface area contributed by atoms with Gasteiger partial charge in [-0.2, -0.15) is 0 Å². The quantitative estimate of drug-likeness (QED) is 0.823. The van der Waals surface area contributed by atoms with E-state index in [1.807, 2.05) is 12.1 Å². The first-order chi connectivity index (χ1) is 9.11. The van der Waals surface area contributed by atoms with E-state index in [2.05, 4.69) is 54.6 Å². The minimum Gasteiger partial charge on any atom is -0.389 e. The van der Waals surface area contributed by atoms with Gasteiger partial charge in [0, 0.05) is 28.8 Å². The Bertz CT molecular complexity index is 527. The third-order valence-corrected chi connectivity index (χ3v) is 4.14. The van der Waals surface area contributed by atoms with Crippen LogP contribution in [-0.2, 0) is 4.74 Å². The number of morpholine rings is 1. The number of halogens is 1. The first-order valence-electron chi connectivity index (χ1n) is 6.65. The molecular formula is C15H21BrN2OS. The van der Waals surface area contributed by atoms with E-state index in [-0.39, 0.29) is 11.2 Å². The van der Waals surface area contributed by atoms with E-state index < -0.39 is 0 Å². The van der Waals surface area contributed by atoms with Crippen molar-refractivity contribution in [1.29, 1.82) is 0 Å². The normalized spacial score (nSPS) is 20.8. The number of nitrogens with two attached hydrogens (primary N) is 1. The van der Waals surface area contributed by atoms with Gasteiger partial charge in [0.2, 0.25) is 0 Å². The first-order valence-corrected chi connectivity index (χ1v) is 7.85. The molecule has 0 atom stereocenters. The van der Waals surface area contributed by atoms with Gasteiger partial charge < -0.3 is 15.4 Å². The Morgan fingerprint density at radius 2 is 1.80 bits per heavy atom. The summed E-state index contributed by atoms with van der Waals surface area (Å²) < 4.78 is 7.06. The van der Waals surface area contributed by atoms with Crippen molar-refractivity contribution in [2.24, 2.45) is 5.73 Å². The summed E-state index contributed by atoms with van der Waals surface area (Å²) in [6.45, 7) is 10.1. The van der Waals surface area contributed by atoms with Crippen LogP contribution >= 0.6 is 28.1 Å². The van der Waals surface area contributed by atoms with Crippen molar-refractivity contribution < 1.29 is 4.74 Å². The zero-order chi connectivity index (χ0) is 15.1. The number of ether oxygens (including phenoxy) is 1. The van der Waals surface area contributed by atoms with Gasteiger partial charge in [0.25, 0.3) is 0 Å². The summed E-state index contributed by atoms with van der Waals surface area (Å²) in [5, 5.41) is 0. The van der Waals surface area contributed by atoms with Crippen LogP contribution < -0.4 is 10.6 Å². The molecule has 0 saturated carbocycles. The Morgan fingerprint density at radius 1 is 1.25 bits per heavy atom. The van der Waals surface area contributed by atoms with Gasteiger partial charge in [-0.15, -0.1) is 0 Å². The molecule has 0 aromatic heterocycles. The van der Waals surface area contributed by atoms with E-state index in [1.54, 1.807) is 0 Å². The van der Waals surface area contributed by atoms with Crippen molar-refractivity contribution in [3.05, 3.63) is 28.2 Å². The largest absolute Gasteiger partial charge is 0.389 e. The summed E-state index contributed by atoms with van der Waals surface area (Å²) in [4.78, 5) is 2.72. The number of anilines is 1. The third-order valence-electron chi connectivity index (χ3n) is 3.27. The predicted octanol–water partition coefficient (Wildman–Crippen LogP) is 3.48. The van der Waals surface area contributed by atoms with Gasteiger partial charge in [-0.1, -0.05) is 18.3 Å². The van der Waals surface area contributed by atoms with E-state index in [1.165, 1.54) is 0 Å². The molecule has 20 heavy (non-hydrogen) atoms. The lowest BCUT2D eigenvalue weighted by atomic mass is 9.97. The lowest BCUT2D eigenvalue weighted by Gasteiger charge is -2.48. The number of benzene rings is 1. The van der Waals surface area contributed by atoms with Crippen LogP contribution in [0.2, 0.25) is 0 Å². The number of nitrogens with zero attached hydrogens (tertiary/aromatic N) is 1. The minimum absolute atomic E-state index is 0.211. The maximum absolute atomic E-state index is 6.13. The Hall–Kier alpha value is -0.650. The fraction of sp³-hybridized carbons (Fsp3) is 0.533. The van der Waals surface area contributed by atoms with Crippen molar-refractivity contribution in [2.75, 3.05) is 18.0 Å². The third kappa shape index (κ3) is 3.32. The molecule has 5 heteroatoms. The second-order valence-electron chi connectivity index (χ2n) is 6.48. The van der Waals surface area contributed by atoms with Crippen molar-refractivity contribution in [3.63, 3.8) is 0 Å². The van der Waals surface area contributed by atoms with Gasteiger partial charge in [0.15, 0.2) is 0 Å². The van der Waals surface area contributed by atoms with Gasteiger partial charge in [-0.3, -0.25) is 0 Å². The maximum Gasteiger partial charge on any atom is 0.107 e. The van der Waals surface area contributed by atoms with Gasteiger partial charge >= 0.3 is 0 Å². The molecule has 1 aliphatic rings. The molecule has 1 aliphatic heterocycles. The molecule has 1 aromatic carbocycles. The Morgan fingerprint density at radius 3 is 2.30 bits per heavy atom. The Labute approximate surface area is 134 Å². The molecule has 0 radical (unpaired) electrons. The second kappa shape index (κ2) is 5.28. The summed E-state index contributed by atoms with van der Waals surface area (Å²) in [6.07, 6.45) is 0. The topological polar surface area (TPSA) is 38.5 Å². The molecule has 2 N–H and O–H groups in total. The molecule has 1 fully saturated rings. The molecular weight excluding hydrogens is 336 g/mol. The molecule has 1 aromatic rings.